The van der Waals surface area contributed by atoms with E-state index in [1.165, 1.54) is 0 Å². The molecule has 0 saturated carbocycles. The van der Waals surface area contributed by atoms with Gasteiger partial charge in [-0.3, -0.25) is 9.59 Å². The zero-order valence-electron chi connectivity index (χ0n) is 20.6. The first-order chi connectivity index (χ1) is 17.3. The molecule has 190 valence electrons. The van der Waals surface area contributed by atoms with E-state index in [1.807, 2.05) is 68.4 Å². The third kappa shape index (κ3) is 6.55. The van der Waals surface area contributed by atoms with Crippen LogP contribution in [0.5, 0.6) is 0 Å². The molecule has 0 spiro atoms. The van der Waals surface area contributed by atoms with E-state index in [9.17, 15) is 14.7 Å². The smallest absolute Gasteiger partial charge is 0.306 e. The number of nitrogens with one attached hydrogen (secondary N) is 1. The van der Waals surface area contributed by atoms with Gasteiger partial charge in [0.1, 0.15) is 0 Å². The van der Waals surface area contributed by atoms with Gasteiger partial charge in [-0.05, 0) is 22.6 Å². The molecule has 7 heteroatoms. The molecule has 2 unspecified atom stereocenters. The molecular weight excluding hydrogens is 472 g/mol. The Morgan fingerprint density at radius 2 is 1.28 bits per heavy atom. The number of amides is 1. The van der Waals surface area contributed by atoms with Gasteiger partial charge in [-0.15, -0.1) is 11.8 Å². The fourth-order valence-electron chi connectivity index (χ4n) is 4.34. The van der Waals surface area contributed by atoms with Gasteiger partial charge in [0.2, 0.25) is 5.91 Å². The number of carboxylic acid groups (broad SMARTS) is 1. The maximum absolute atomic E-state index is 13.1. The summed E-state index contributed by atoms with van der Waals surface area (Å²) in [6, 6.07) is 28.8. The summed E-state index contributed by atoms with van der Waals surface area (Å²) < 4.78 is -0.609. The number of carbonyl (C=O) groups excluding carboxylic acids is 1. The van der Waals surface area contributed by atoms with Crippen molar-refractivity contribution >= 4 is 23.6 Å². The summed E-state index contributed by atoms with van der Waals surface area (Å²) in [5.41, 5.74) is 9.58. The maximum atomic E-state index is 13.1. The lowest BCUT2D eigenvalue weighted by atomic mass is 9.84. The summed E-state index contributed by atoms with van der Waals surface area (Å²) in [7, 11) is 0. The molecule has 0 saturated heterocycles. The predicted molar refractivity (Wildman–Crippen MR) is 145 cm³/mol. The summed E-state index contributed by atoms with van der Waals surface area (Å²) in [6.07, 6.45) is -1.66. The average Bonchev–Trinajstić information content (AvgIpc) is 2.88. The second kappa shape index (κ2) is 12.7. The molecule has 1 amide bonds. The Balaban J connectivity index is 1.91. The summed E-state index contributed by atoms with van der Waals surface area (Å²) >= 11 is 1.58. The van der Waals surface area contributed by atoms with Crippen molar-refractivity contribution in [1.82, 2.24) is 5.32 Å². The molecule has 3 aromatic carbocycles. The third-order valence-corrected chi connectivity index (χ3v) is 7.85. The third-order valence-electron chi connectivity index (χ3n) is 6.18. The molecule has 0 fully saturated rings. The lowest BCUT2D eigenvalue weighted by Gasteiger charge is -2.36. The van der Waals surface area contributed by atoms with E-state index < -0.39 is 41.2 Å². The number of benzene rings is 3. The van der Waals surface area contributed by atoms with Gasteiger partial charge in [-0.25, -0.2) is 0 Å². The largest absolute Gasteiger partial charge is 0.481 e. The Labute approximate surface area is 216 Å². The molecule has 5 N–H and O–H groups in total. The zero-order chi connectivity index (χ0) is 26.1. The van der Waals surface area contributed by atoms with E-state index in [0.29, 0.717) is 5.75 Å². The molecule has 0 aliphatic carbocycles. The first-order valence-electron chi connectivity index (χ1n) is 12.0. The minimum atomic E-state index is -1.21. The van der Waals surface area contributed by atoms with Crippen LogP contribution in [0.3, 0.4) is 0 Å². The summed E-state index contributed by atoms with van der Waals surface area (Å²) in [5, 5.41) is 22.2. The van der Waals surface area contributed by atoms with Crippen LogP contribution >= 0.6 is 11.8 Å². The average molecular weight is 507 g/mol. The summed E-state index contributed by atoms with van der Waals surface area (Å²) in [5.74, 6) is -1.42. The van der Waals surface area contributed by atoms with Crippen molar-refractivity contribution < 1.29 is 19.8 Å². The molecule has 0 aliphatic heterocycles. The second-order valence-corrected chi connectivity index (χ2v) is 10.4. The molecular formula is C29H34N2O4S. The van der Waals surface area contributed by atoms with Crippen LogP contribution in [0.4, 0.5) is 0 Å². The van der Waals surface area contributed by atoms with Crippen molar-refractivity contribution in [2.45, 2.75) is 43.2 Å². The molecule has 3 atom stereocenters. The number of rotatable bonds is 12. The quantitative estimate of drug-likeness (QED) is 0.276. The van der Waals surface area contributed by atoms with Gasteiger partial charge in [0.05, 0.1) is 29.4 Å². The number of carbonyl (C=O) groups is 2. The lowest BCUT2D eigenvalue weighted by molar-refractivity contribution is -0.140. The highest BCUT2D eigenvalue weighted by Gasteiger charge is 2.38. The molecule has 0 radical (unpaired) electrons. The zero-order valence-corrected chi connectivity index (χ0v) is 21.4. The highest BCUT2D eigenvalue weighted by molar-refractivity contribution is 8.00. The summed E-state index contributed by atoms with van der Waals surface area (Å²) in [4.78, 5) is 24.1. The van der Waals surface area contributed by atoms with E-state index in [1.54, 1.807) is 11.8 Å². The molecule has 36 heavy (non-hydrogen) atoms. The number of hydrogen-bond donors (Lipinski definition) is 4. The first-order valence-corrected chi connectivity index (χ1v) is 13.0. The van der Waals surface area contributed by atoms with Crippen molar-refractivity contribution in [3.05, 3.63) is 108 Å². The van der Waals surface area contributed by atoms with E-state index >= 15 is 0 Å². The normalized spacial score (nSPS) is 14.1. The topological polar surface area (TPSA) is 113 Å². The number of aliphatic hydroxyl groups excluding tert-OH is 1. The molecule has 3 rings (SSSR count). The number of carboxylic acids is 1. The number of aliphatic hydroxyl groups is 1. The highest BCUT2D eigenvalue weighted by Crippen LogP contribution is 2.48. The van der Waals surface area contributed by atoms with Gasteiger partial charge in [-0.1, -0.05) is 105 Å². The van der Waals surface area contributed by atoms with Gasteiger partial charge in [0, 0.05) is 5.75 Å². The van der Waals surface area contributed by atoms with Gasteiger partial charge in [0.15, 0.2) is 0 Å². The van der Waals surface area contributed by atoms with Gasteiger partial charge in [-0.2, -0.15) is 0 Å². The van der Waals surface area contributed by atoms with Crippen LogP contribution in [0.25, 0.3) is 0 Å². The Morgan fingerprint density at radius 3 is 1.64 bits per heavy atom. The number of hydrogen-bond acceptors (Lipinski definition) is 5. The first kappa shape index (κ1) is 27.5. The Hall–Kier alpha value is -3.13. The fourth-order valence-corrected chi connectivity index (χ4v) is 5.83. The predicted octanol–water partition coefficient (Wildman–Crippen LogP) is 4.02. The van der Waals surface area contributed by atoms with E-state index in [-0.39, 0.29) is 5.92 Å². The Kier molecular flexibility index (Phi) is 9.70. The molecule has 0 heterocycles. The van der Waals surface area contributed by atoms with Crippen LogP contribution in [-0.4, -0.2) is 46.0 Å². The van der Waals surface area contributed by atoms with Crippen LogP contribution in [0, 0.1) is 5.92 Å². The number of nitrogens with two attached hydrogens (primary N) is 1. The van der Waals surface area contributed by atoms with Crippen molar-refractivity contribution in [3.8, 4) is 0 Å². The summed E-state index contributed by atoms with van der Waals surface area (Å²) in [6.45, 7) is 3.64. The van der Waals surface area contributed by atoms with E-state index in [4.69, 9.17) is 10.8 Å². The van der Waals surface area contributed by atoms with Crippen LogP contribution in [0.2, 0.25) is 0 Å². The Bertz CT molecular complexity index is 1010. The second-order valence-electron chi connectivity index (χ2n) is 9.14. The highest BCUT2D eigenvalue weighted by atomic mass is 32.2. The lowest BCUT2D eigenvalue weighted by Crippen LogP contribution is -2.53. The molecule has 0 aromatic heterocycles. The molecule has 6 nitrogen and oxygen atoms in total. The standard InChI is InChI=1S/C29H34N2O4S/c1-20(2)27(25(32)18-26(33)34)31-28(35)24(30)19-36-29(21-12-6-3-7-13-21,22-14-8-4-9-15-22)23-16-10-5-11-17-23/h3-17,20,24-25,27,32H,18-19,30H2,1-2H3,(H,31,35)(H,33,34)/t24-,25?,27?/m1/s1. The molecule has 3 aromatic rings. The minimum Gasteiger partial charge on any atom is -0.481 e. The monoisotopic (exact) mass is 506 g/mol. The van der Waals surface area contributed by atoms with Crippen molar-refractivity contribution in [1.29, 1.82) is 0 Å². The van der Waals surface area contributed by atoms with Crippen LogP contribution in [0.1, 0.15) is 37.0 Å². The van der Waals surface area contributed by atoms with Crippen molar-refractivity contribution in [3.63, 3.8) is 0 Å². The van der Waals surface area contributed by atoms with Crippen LogP contribution in [-0.2, 0) is 14.3 Å². The van der Waals surface area contributed by atoms with Crippen LogP contribution in [0.15, 0.2) is 91.0 Å². The number of thioether (sulfide) groups is 1. The maximum Gasteiger partial charge on any atom is 0.306 e. The van der Waals surface area contributed by atoms with Crippen molar-refractivity contribution in [2.24, 2.45) is 11.7 Å². The number of aliphatic carboxylic acids is 1. The van der Waals surface area contributed by atoms with Crippen LogP contribution < -0.4 is 11.1 Å². The van der Waals surface area contributed by atoms with Crippen molar-refractivity contribution in [2.75, 3.05) is 5.75 Å². The van der Waals surface area contributed by atoms with Gasteiger partial charge < -0.3 is 21.3 Å². The fraction of sp³-hybridized carbons (Fsp3) is 0.310. The molecule has 0 aliphatic rings. The molecule has 0 bridgehead atoms. The van der Waals surface area contributed by atoms with Gasteiger partial charge in [0.25, 0.3) is 0 Å². The van der Waals surface area contributed by atoms with Gasteiger partial charge >= 0.3 is 5.97 Å². The van der Waals surface area contributed by atoms with E-state index in [2.05, 4.69) is 41.7 Å². The minimum absolute atomic E-state index is 0.166. The Morgan fingerprint density at radius 1 is 0.861 bits per heavy atom. The SMILES string of the molecule is CC(C)C(NC(=O)[C@H](N)CSC(c1ccccc1)(c1ccccc1)c1ccccc1)C(O)CC(=O)O. The van der Waals surface area contributed by atoms with E-state index in [0.717, 1.165) is 16.7 Å².